The molecule has 0 bridgehead atoms. The lowest BCUT2D eigenvalue weighted by atomic mass is 10.00. The molecule has 2 amide bonds. The van der Waals surface area contributed by atoms with E-state index in [4.69, 9.17) is 4.74 Å². The van der Waals surface area contributed by atoms with Gasteiger partial charge in [0.1, 0.15) is 12.1 Å². The highest BCUT2D eigenvalue weighted by Crippen LogP contribution is 2.28. The topological polar surface area (TPSA) is 108 Å². The van der Waals surface area contributed by atoms with E-state index in [1.807, 2.05) is 42.5 Å². The Morgan fingerprint density at radius 1 is 1.03 bits per heavy atom. The number of nitriles is 1. The molecule has 1 saturated carbocycles. The summed E-state index contributed by atoms with van der Waals surface area (Å²) in [6.07, 6.45) is 3.12. The van der Waals surface area contributed by atoms with E-state index in [1.165, 1.54) is 0 Å². The van der Waals surface area contributed by atoms with E-state index in [0.29, 0.717) is 12.8 Å². The summed E-state index contributed by atoms with van der Waals surface area (Å²) in [5.41, 5.74) is 0.0163. The summed E-state index contributed by atoms with van der Waals surface area (Å²) in [5.74, 6) is -1.52. The van der Waals surface area contributed by atoms with E-state index in [0.717, 1.165) is 29.2 Å². The molecule has 0 radical (unpaired) electrons. The number of nitrogens with one attached hydrogen (secondary N) is 2. The molecule has 2 N–H and O–H groups in total. The van der Waals surface area contributed by atoms with Gasteiger partial charge < -0.3 is 15.4 Å². The van der Waals surface area contributed by atoms with Gasteiger partial charge in [-0.3, -0.25) is 14.4 Å². The molecule has 7 heteroatoms. The Balaban J connectivity index is 1.42. The maximum atomic E-state index is 12.2. The van der Waals surface area contributed by atoms with Gasteiger partial charge in [0.15, 0.2) is 6.61 Å². The maximum absolute atomic E-state index is 12.2. The van der Waals surface area contributed by atoms with Gasteiger partial charge in [-0.15, -0.1) is 0 Å². The minimum atomic E-state index is -0.851. The summed E-state index contributed by atoms with van der Waals surface area (Å²) in [6, 6.07) is 15.6. The Morgan fingerprint density at radius 2 is 1.76 bits per heavy atom. The predicted octanol–water partition coefficient (Wildman–Crippen LogP) is 1.99. The Bertz CT molecular complexity index is 953. The number of rotatable bonds is 7. The number of fused-ring (bicyclic) bond motifs is 1. The summed E-state index contributed by atoms with van der Waals surface area (Å²) in [6.45, 7) is -0.790. The molecule has 0 unspecified atom stereocenters. The Morgan fingerprint density at radius 3 is 2.52 bits per heavy atom. The second-order valence-electron chi connectivity index (χ2n) is 7.20. The van der Waals surface area contributed by atoms with Crippen LogP contribution in [0.3, 0.4) is 0 Å². The molecule has 1 aliphatic carbocycles. The largest absolute Gasteiger partial charge is 0.454 e. The van der Waals surface area contributed by atoms with Gasteiger partial charge in [0, 0.05) is 0 Å². The van der Waals surface area contributed by atoms with Crippen LogP contribution in [0.4, 0.5) is 0 Å². The average Bonchev–Trinajstić information content (AvgIpc) is 3.20. The molecule has 29 heavy (non-hydrogen) atoms. The van der Waals surface area contributed by atoms with E-state index in [-0.39, 0.29) is 18.9 Å². The van der Waals surface area contributed by atoms with Crippen molar-refractivity contribution in [3.05, 3.63) is 48.0 Å². The Hall–Kier alpha value is -3.40. The molecule has 0 heterocycles. The van der Waals surface area contributed by atoms with Gasteiger partial charge in [0.05, 0.1) is 12.5 Å². The average molecular weight is 393 g/mol. The summed E-state index contributed by atoms with van der Waals surface area (Å²) in [7, 11) is 0. The third kappa shape index (κ3) is 5.32. The molecule has 0 atom stereocenters. The molecular weight excluding hydrogens is 370 g/mol. The fourth-order valence-corrected chi connectivity index (χ4v) is 3.60. The number of esters is 1. The van der Waals surface area contributed by atoms with Crippen LogP contribution >= 0.6 is 0 Å². The first kappa shape index (κ1) is 20.3. The number of hydrogen-bond donors (Lipinski definition) is 2. The van der Waals surface area contributed by atoms with E-state index in [9.17, 15) is 19.6 Å². The molecular formula is C22H23N3O4. The van der Waals surface area contributed by atoms with E-state index in [2.05, 4.69) is 16.7 Å². The zero-order valence-corrected chi connectivity index (χ0v) is 16.1. The molecule has 0 saturated heterocycles. The highest BCUT2D eigenvalue weighted by molar-refractivity contribution is 5.91. The van der Waals surface area contributed by atoms with Gasteiger partial charge in [-0.25, -0.2) is 0 Å². The number of carbonyl (C=O) groups is 3. The van der Waals surface area contributed by atoms with Crippen LogP contribution in [0.25, 0.3) is 10.8 Å². The van der Waals surface area contributed by atoms with Crippen LogP contribution in [0.5, 0.6) is 0 Å². The molecule has 7 nitrogen and oxygen atoms in total. The molecule has 1 aliphatic rings. The molecule has 0 spiro atoms. The van der Waals surface area contributed by atoms with E-state index < -0.39 is 24.0 Å². The standard InChI is InChI=1S/C22H23N3O4/c23-15-22(10-3-4-11-22)25-20(27)14-29-21(28)13-24-19(26)12-17-8-5-7-16-6-1-2-9-18(16)17/h1-2,5-9H,3-4,10-14H2,(H,24,26)(H,25,27). The van der Waals surface area contributed by atoms with Crippen LogP contribution < -0.4 is 10.6 Å². The summed E-state index contributed by atoms with van der Waals surface area (Å²) < 4.78 is 4.90. The van der Waals surface area contributed by atoms with E-state index in [1.54, 1.807) is 0 Å². The van der Waals surface area contributed by atoms with Gasteiger partial charge in [0.25, 0.3) is 5.91 Å². The summed E-state index contributed by atoms with van der Waals surface area (Å²) in [4.78, 5) is 35.9. The smallest absolute Gasteiger partial charge is 0.325 e. The minimum Gasteiger partial charge on any atom is -0.454 e. The number of benzene rings is 2. The third-order valence-corrected chi connectivity index (χ3v) is 5.07. The lowest BCUT2D eigenvalue weighted by molar-refractivity contribution is -0.148. The number of ether oxygens (including phenoxy) is 1. The second-order valence-corrected chi connectivity index (χ2v) is 7.20. The van der Waals surface area contributed by atoms with Crippen LogP contribution in [0, 0.1) is 11.3 Å². The Labute approximate surface area is 169 Å². The quantitative estimate of drug-likeness (QED) is 0.700. The van der Waals surface area contributed by atoms with Crippen LogP contribution in [0.1, 0.15) is 31.2 Å². The first-order valence-corrected chi connectivity index (χ1v) is 9.63. The number of carbonyl (C=O) groups excluding carboxylic acids is 3. The van der Waals surface area contributed by atoms with Gasteiger partial charge in [-0.2, -0.15) is 5.26 Å². The van der Waals surface area contributed by atoms with Crippen LogP contribution in [0.15, 0.2) is 42.5 Å². The zero-order chi connectivity index (χ0) is 20.7. The lowest BCUT2D eigenvalue weighted by Crippen LogP contribution is -2.47. The van der Waals surface area contributed by atoms with Crippen molar-refractivity contribution in [2.75, 3.05) is 13.2 Å². The fraction of sp³-hybridized carbons (Fsp3) is 0.364. The zero-order valence-electron chi connectivity index (χ0n) is 16.1. The van der Waals surface area contributed by atoms with Crippen molar-refractivity contribution in [3.63, 3.8) is 0 Å². The van der Waals surface area contributed by atoms with Crippen molar-refractivity contribution < 1.29 is 19.1 Å². The number of amides is 2. The van der Waals surface area contributed by atoms with Crippen molar-refractivity contribution >= 4 is 28.6 Å². The van der Waals surface area contributed by atoms with Gasteiger partial charge in [0.2, 0.25) is 5.91 Å². The third-order valence-electron chi connectivity index (χ3n) is 5.07. The fourth-order valence-electron chi connectivity index (χ4n) is 3.60. The molecule has 2 aromatic carbocycles. The molecule has 150 valence electrons. The first-order chi connectivity index (χ1) is 14.0. The maximum Gasteiger partial charge on any atom is 0.325 e. The van der Waals surface area contributed by atoms with Crippen LogP contribution in [0.2, 0.25) is 0 Å². The summed E-state index contributed by atoms with van der Waals surface area (Å²) >= 11 is 0. The van der Waals surface area contributed by atoms with Crippen molar-refractivity contribution in [3.8, 4) is 6.07 Å². The number of hydrogen-bond acceptors (Lipinski definition) is 5. The van der Waals surface area contributed by atoms with Crippen molar-refractivity contribution in [2.45, 2.75) is 37.6 Å². The Kier molecular flexibility index (Phi) is 6.45. The monoisotopic (exact) mass is 393 g/mol. The van der Waals surface area contributed by atoms with Gasteiger partial charge in [-0.1, -0.05) is 42.5 Å². The normalized spacial score (nSPS) is 14.7. The van der Waals surface area contributed by atoms with Crippen molar-refractivity contribution in [1.82, 2.24) is 10.6 Å². The van der Waals surface area contributed by atoms with Crippen molar-refractivity contribution in [2.24, 2.45) is 0 Å². The molecule has 3 rings (SSSR count). The number of nitrogens with zero attached hydrogens (tertiary/aromatic N) is 1. The molecule has 0 aromatic heterocycles. The van der Waals surface area contributed by atoms with Gasteiger partial charge in [-0.05, 0) is 42.0 Å². The summed E-state index contributed by atoms with van der Waals surface area (Å²) in [5, 5.41) is 16.4. The minimum absolute atomic E-state index is 0.139. The first-order valence-electron chi connectivity index (χ1n) is 9.63. The van der Waals surface area contributed by atoms with Crippen molar-refractivity contribution in [1.29, 1.82) is 5.26 Å². The molecule has 2 aromatic rings. The van der Waals surface area contributed by atoms with Crippen LogP contribution in [-0.4, -0.2) is 36.5 Å². The lowest BCUT2D eigenvalue weighted by Gasteiger charge is -2.21. The molecule has 1 fully saturated rings. The SMILES string of the molecule is N#CC1(NC(=O)COC(=O)CNC(=O)Cc2cccc3ccccc23)CCCC1. The van der Waals surface area contributed by atoms with Crippen LogP contribution in [-0.2, 0) is 25.5 Å². The molecule has 0 aliphatic heterocycles. The highest BCUT2D eigenvalue weighted by Gasteiger charge is 2.35. The highest BCUT2D eigenvalue weighted by atomic mass is 16.5. The van der Waals surface area contributed by atoms with E-state index >= 15 is 0 Å². The van der Waals surface area contributed by atoms with Gasteiger partial charge >= 0.3 is 5.97 Å². The predicted molar refractivity (Wildman–Crippen MR) is 107 cm³/mol. The second kappa shape index (κ2) is 9.20.